The molecule has 0 unspecified atom stereocenters. The van der Waals surface area contributed by atoms with Gasteiger partial charge in [-0.2, -0.15) is 0 Å². The molecule has 24 heavy (non-hydrogen) atoms. The van der Waals surface area contributed by atoms with Gasteiger partial charge in [0.15, 0.2) is 0 Å². The van der Waals surface area contributed by atoms with E-state index in [2.05, 4.69) is 21.6 Å². The lowest BCUT2D eigenvalue weighted by atomic mass is 10.2. The number of benzene rings is 1. The highest BCUT2D eigenvalue weighted by atomic mass is 16.4. The SMILES string of the molecule is CCCN(c1ccncc1)n1ccc2cc(N(C)C(=O)O)ccc21. The number of pyridine rings is 1. The summed E-state index contributed by atoms with van der Waals surface area (Å²) in [4.78, 5) is 16.4. The number of nitrogens with zero attached hydrogens (tertiary/aromatic N) is 4. The van der Waals surface area contributed by atoms with Crippen molar-refractivity contribution < 1.29 is 9.90 Å². The topological polar surface area (TPSA) is 61.6 Å². The van der Waals surface area contributed by atoms with Crippen LogP contribution in [0.5, 0.6) is 0 Å². The van der Waals surface area contributed by atoms with E-state index in [1.54, 1.807) is 19.4 Å². The van der Waals surface area contributed by atoms with Crippen molar-refractivity contribution in [3.05, 3.63) is 55.0 Å². The lowest BCUT2D eigenvalue weighted by molar-refractivity contribution is 0.203. The first-order chi connectivity index (χ1) is 11.6. The van der Waals surface area contributed by atoms with Gasteiger partial charge in [-0.05, 0) is 42.8 Å². The van der Waals surface area contributed by atoms with Gasteiger partial charge in [0.05, 0.1) is 11.2 Å². The number of anilines is 2. The van der Waals surface area contributed by atoms with Crippen LogP contribution >= 0.6 is 0 Å². The molecule has 0 spiro atoms. The predicted molar refractivity (Wildman–Crippen MR) is 95.6 cm³/mol. The number of hydrogen-bond acceptors (Lipinski definition) is 3. The molecule has 0 atom stereocenters. The molecule has 124 valence electrons. The van der Waals surface area contributed by atoms with Crippen LogP contribution in [-0.2, 0) is 0 Å². The zero-order chi connectivity index (χ0) is 17.1. The molecule has 0 bridgehead atoms. The van der Waals surface area contributed by atoms with Gasteiger partial charge in [-0.1, -0.05) is 6.92 Å². The van der Waals surface area contributed by atoms with Gasteiger partial charge in [-0.25, -0.2) is 4.79 Å². The second-order valence-corrected chi connectivity index (χ2v) is 5.57. The monoisotopic (exact) mass is 324 g/mol. The number of carboxylic acid groups (broad SMARTS) is 1. The molecule has 0 saturated heterocycles. The summed E-state index contributed by atoms with van der Waals surface area (Å²) < 4.78 is 2.10. The highest BCUT2D eigenvalue weighted by Gasteiger charge is 2.13. The number of fused-ring (bicyclic) bond motifs is 1. The van der Waals surface area contributed by atoms with Gasteiger partial charge in [-0.15, -0.1) is 0 Å². The molecule has 3 aromatic rings. The summed E-state index contributed by atoms with van der Waals surface area (Å²) in [6.07, 6.45) is 5.60. The van der Waals surface area contributed by atoms with Crippen molar-refractivity contribution in [2.45, 2.75) is 13.3 Å². The van der Waals surface area contributed by atoms with E-state index in [0.717, 1.165) is 29.6 Å². The van der Waals surface area contributed by atoms with Gasteiger partial charge in [0.1, 0.15) is 0 Å². The fraction of sp³-hybridized carbons (Fsp3) is 0.222. The minimum atomic E-state index is -0.974. The van der Waals surface area contributed by atoms with Crippen molar-refractivity contribution in [2.75, 3.05) is 23.5 Å². The zero-order valence-corrected chi connectivity index (χ0v) is 13.8. The van der Waals surface area contributed by atoms with Crippen LogP contribution in [-0.4, -0.2) is 34.5 Å². The number of hydrogen-bond donors (Lipinski definition) is 1. The molecule has 0 fully saturated rings. The first-order valence-corrected chi connectivity index (χ1v) is 7.87. The Morgan fingerprint density at radius 2 is 1.92 bits per heavy atom. The largest absolute Gasteiger partial charge is 0.465 e. The molecule has 6 heteroatoms. The highest BCUT2D eigenvalue weighted by molar-refractivity contribution is 5.91. The van der Waals surface area contributed by atoms with Crippen LogP contribution in [0.25, 0.3) is 10.9 Å². The summed E-state index contributed by atoms with van der Waals surface area (Å²) in [5, 5.41) is 12.3. The first-order valence-electron chi connectivity index (χ1n) is 7.87. The van der Waals surface area contributed by atoms with Crippen LogP contribution in [0.1, 0.15) is 13.3 Å². The summed E-state index contributed by atoms with van der Waals surface area (Å²) in [7, 11) is 1.54. The molecular formula is C18H20N4O2. The van der Waals surface area contributed by atoms with Gasteiger partial charge < -0.3 is 5.11 Å². The second-order valence-electron chi connectivity index (χ2n) is 5.57. The van der Waals surface area contributed by atoms with Gasteiger partial charge in [-0.3, -0.25) is 19.6 Å². The summed E-state index contributed by atoms with van der Waals surface area (Å²) >= 11 is 0. The number of amides is 1. The van der Waals surface area contributed by atoms with Gasteiger partial charge in [0.2, 0.25) is 0 Å². The number of aromatic nitrogens is 2. The van der Waals surface area contributed by atoms with Crippen LogP contribution in [0.3, 0.4) is 0 Å². The van der Waals surface area contributed by atoms with Crippen LogP contribution in [0.2, 0.25) is 0 Å². The molecule has 0 aliphatic rings. The Balaban J connectivity index is 2.04. The third-order valence-corrected chi connectivity index (χ3v) is 3.98. The molecule has 2 aromatic heterocycles. The third kappa shape index (κ3) is 2.90. The van der Waals surface area contributed by atoms with Crippen LogP contribution in [0, 0.1) is 0 Å². The Bertz CT molecular complexity index is 845. The Morgan fingerprint density at radius 3 is 2.58 bits per heavy atom. The average Bonchev–Trinajstić information content (AvgIpc) is 3.02. The molecule has 3 rings (SSSR count). The van der Waals surface area contributed by atoms with Gasteiger partial charge in [0.25, 0.3) is 0 Å². The molecule has 0 aliphatic carbocycles. The molecule has 0 radical (unpaired) electrons. The summed E-state index contributed by atoms with van der Waals surface area (Å²) in [6, 6.07) is 11.6. The van der Waals surface area contributed by atoms with E-state index < -0.39 is 6.09 Å². The Kier molecular flexibility index (Phi) is 4.37. The van der Waals surface area contributed by atoms with Crippen molar-refractivity contribution in [3.63, 3.8) is 0 Å². The van der Waals surface area contributed by atoms with Gasteiger partial charge in [0, 0.05) is 43.3 Å². The van der Waals surface area contributed by atoms with Crippen molar-refractivity contribution in [1.82, 2.24) is 9.66 Å². The smallest absolute Gasteiger partial charge is 0.411 e. The normalized spacial score (nSPS) is 10.8. The number of rotatable bonds is 5. The van der Waals surface area contributed by atoms with Crippen molar-refractivity contribution in [2.24, 2.45) is 0 Å². The summed E-state index contributed by atoms with van der Waals surface area (Å²) in [5.41, 5.74) is 2.75. The van der Waals surface area contributed by atoms with E-state index in [1.807, 2.05) is 42.6 Å². The molecule has 6 nitrogen and oxygen atoms in total. The van der Waals surface area contributed by atoms with Crippen LogP contribution < -0.4 is 9.91 Å². The van der Waals surface area contributed by atoms with Crippen molar-refractivity contribution in [3.8, 4) is 0 Å². The number of carbonyl (C=O) groups is 1. The quantitative estimate of drug-likeness (QED) is 0.775. The van der Waals surface area contributed by atoms with E-state index in [0.29, 0.717) is 5.69 Å². The fourth-order valence-electron chi connectivity index (χ4n) is 2.73. The molecule has 2 heterocycles. The standard InChI is InChI=1S/C18H20N4O2/c1-3-11-21(15-6-9-19-10-7-15)22-12-8-14-13-16(4-5-17(14)22)20(2)18(23)24/h4-10,12-13H,3,11H2,1-2H3,(H,23,24). The lowest BCUT2D eigenvalue weighted by Gasteiger charge is -2.26. The van der Waals surface area contributed by atoms with Crippen LogP contribution in [0.4, 0.5) is 16.2 Å². The van der Waals surface area contributed by atoms with E-state index >= 15 is 0 Å². The molecule has 1 N–H and O–H groups in total. The van der Waals surface area contributed by atoms with E-state index in [1.165, 1.54) is 4.90 Å². The highest BCUT2D eigenvalue weighted by Crippen LogP contribution is 2.25. The van der Waals surface area contributed by atoms with E-state index in [4.69, 9.17) is 5.11 Å². The van der Waals surface area contributed by atoms with Crippen LogP contribution in [0.15, 0.2) is 55.0 Å². The maximum Gasteiger partial charge on any atom is 0.411 e. The van der Waals surface area contributed by atoms with Gasteiger partial charge >= 0.3 is 6.09 Å². The molecular weight excluding hydrogens is 304 g/mol. The Hall–Kier alpha value is -3.02. The lowest BCUT2D eigenvalue weighted by Crippen LogP contribution is -2.29. The summed E-state index contributed by atoms with van der Waals surface area (Å²) in [6.45, 7) is 3.00. The average molecular weight is 324 g/mol. The second kappa shape index (κ2) is 6.62. The zero-order valence-electron chi connectivity index (χ0n) is 13.8. The Labute approximate surface area is 140 Å². The molecule has 1 amide bonds. The maximum absolute atomic E-state index is 11.1. The first kappa shape index (κ1) is 15.9. The molecule has 0 saturated carbocycles. The Morgan fingerprint density at radius 1 is 1.17 bits per heavy atom. The predicted octanol–water partition coefficient (Wildman–Crippen LogP) is 3.83. The maximum atomic E-state index is 11.1. The fourth-order valence-corrected chi connectivity index (χ4v) is 2.73. The molecule has 1 aromatic carbocycles. The van der Waals surface area contributed by atoms with Crippen molar-refractivity contribution in [1.29, 1.82) is 0 Å². The molecule has 0 aliphatic heterocycles. The minimum absolute atomic E-state index is 0.652. The van der Waals surface area contributed by atoms with Crippen molar-refractivity contribution >= 4 is 28.4 Å². The third-order valence-electron chi connectivity index (χ3n) is 3.98. The van der Waals surface area contributed by atoms with E-state index in [-0.39, 0.29) is 0 Å². The minimum Gasteiger partial charge on any atom is -0.465 e. The summed E-state index contributed by atoms with van der Waals surface area (Å²) in [5.74, 6) is 0. The van der Waals surface area contributed by atoms with E-state index in [9.17, 15) is 4.79 Å².